The number of methoxy groups -OCH3 is 1. The molecule has 0 fully saturated rings. The Hall–Kier alpha value is -2.93. The Morgan fingerprint density at radius 3 is 2.70 bits per heavy atom. The van der Waals surface area contributed by atoms with Crippen LogP contribution in [-0.4, -0.2) is 23.1 Å². The number of fused-ring (bicyclic) bond motifs is 1. The second-order valence-electron chi connectivity index (χ2n) is 6.48. The highest BCUT2D eigenvalue weighted by Gasteiger charge is 2.13. The largest absolute Gasteiger partial charge is 0.497 e. The number of thiocarbonyl (C=S) groups is 1. The standard InChI is InChI=1S/C20H21N3O3S/c1-11(2)18(24)23-20(27)22-15-9-13(6-5-12(15)3)19-21-16-10-14(25-4)7-8-17(16)26-19/h5-11H,1-4H3,(H2,22,23,24,27). The van der Waals surface area contributed by atoms with Gasteiger partial charge in [0.15, 0.2) is 10.7 Å². The summed E-state index contributed by atoms with van der Waals surface area (Å²) in [5.41, 5.74) is 3.97. The average molecular weight is 383 g/mol. The van der Waals surface area contributed by atoms with Gasteiger partial charge >= 0.3 is 0 Å². The van der Waals surface area contributed by atoms with E-state index in [4.69, 9.17) is 21.4 Å². The molecule has 0 aliphatic carbocycles. The van der Waals surface area contributed by atoms with Crippen LogP contribution in [0.1, 0.15) is 19.4 Å². The Bertz CT molecular complexity index is 1010. The summed E-state index contributed by atoms with van der Waals surface area (Å²) in [6.45, 7) is 5.58. The van der Waals surface area contributed by atoms with Crippen molar-refractivity contribution in [3.63, 3.8) is 0 Å². The zero-order valence-corrected chi connectivity index (χ0v) is 16.4. The van der Waals surface area contributed by atoms with Gasteiger partial charge in [0.05, 0.1) is 7.11 Å². The third kappa shape index (κ3) is 4.25. The molecule has 140 valence electrons. The van der Waals surface area contributed by atoms with Crippen LogP contribution in [0.4, 0.5) is 5.69 Å². The number of amides is 1. The molecule has 0 aliphatic heterocycles. The van der Waals surface area contributed by atoms with Crippen molar-refractivity contribution in [1.29, 1.82) is 0 Å². The van der Waals surface area contributed by atoms with Gasteiger partial charge in [0.1, 0.15) is 11.3 Å². The summed E-state index contributed by atoms with van der Waals surface area (Å²) >= 11 is 5.24. The molecule has 0 saturated heterocycles. The fourth-order valence-corrected chi connectivity index (χ4v) is 2.67. The number of aromatic nitrogens is 1. The fraction of sp³-hybridized carbons (Fsp3) is 0.250. The molecule has 1 heterocycles. The van der Waals surface area contributed by atoms with Crippen molar-refractivity contribution in [3.8, 4) is 17.2 Å². The smallest absolute Gasteiger partial charge is 0.228 e. The van der Waals surface area contributed by atoms with E-state index in [1.165, 1.54) is 0 Å². The topological polar surface area (TPSA) is 76.4 Å². The molecule has 1 amide bonds. The molecule has 7 heteroatoms. The van der Waals surface area contributed by atoms with Crippen LogP contribution in [0.15, 0.2) is 40.8 Å². The predicted octanol–water partition coefficient (Wildman–Crippen LogP) is 4.28. The third-order valence-corrected chi connectivity index (χ3v) is 4.29. The second kappa shape index (κ2) is 7.75. The van der Waals surface area contributed by atoms with E-state index >= 15 is 0 Å². The zero-order valence-electron chi connectivity index (χ0n) is 15.6. The van der Waals surface area contributed by atoms with Crippen molar-refractivity contribution in [3.05, 3.63) is 42.0 Å². The molecule has 0 atom stereocenters. The van der Waals surface area contributed by atoms with Crippen LogP contribution < -0.4 is 15.4 Å². The molecular formula is C20H21N3O3S. The lowest BCUT2D eigenvalue weighted by Gasteiger charge is -2.13. The Morgan fingerprint density at radius 1 is 1.22 bits per heavy atom. The average Bonchev–Trinajstić information content (AvgIpc) is 3.06. The number of benzene rings is 2. The van der Waals surface area contributed by atoms with E-state index in [1.807, 2.05) is 57.2 Å². The van der Waals surface area contributed by atoms with E-state index in [-0.39, 0.29) is 16.9 Å². The van der Waals surface area contributed by atoms with Crippen LogP contribution in [0.5, 0.6) is 5.75 Å². The van der Waals surface area contributed by atoms with Crippen molar-refractivity contribution in [2.75, 3.05) is 12.4 Å². The minimum absolute atomic E-state index is 0.130. The number of rotatable bonds is 4. The van der Waals surface area contributed by atoms with Crippen molar-refractivity contribution < 1.29 is 13.9 Å². The zero-order chi connectivity index (χ0) is 19.6. The van der Waals surface area contributed by atoms with Gasteiger partial charge in [-0.25, -0.2) is 4.98 Å². The quantitative estimate of drug-likeness (QED) is 0.655. The molecule has 1 aromatic heterocycles. The molecule has 3 aromatic rings. The monoisotopic (exact) mass is 383 g/mol. The summed E-state index contributed by atoms with van der Waals surface area (Å²) in [7, 11) is 1.61. The van der Waals surface area contributed by atoms with Gasteiger partial charge in [0.2, 0.25) is 11.8 Å². The molecule has 0 spiro atoms. The van der Waals surface area contributed by atoms with Crippen LogP contribution in [0.2, 0.25) is 0 Å². The van der Waals surface area contributed by atoms with Crippen LogP contribution in [0, 0.1) is 12.8 Å². The highest BCUT2D eigenvalue weighted by Crippen LogP contribution is 2.29. The minimum atomic E-state index is -0.145. The van der Waals surface area contributed by atoms with Crippen LogP contribution in [-0.2, 0) is 4.79 Å². The number of hydrogen-bond acceptors (Lipinski definition) is 5. The number of carbonyl (C=O) groups is 1. The number of nitrogens with one attached hydrogen (secondary N) is 2. The van der Waals surface area contributed by atoms with Crippen molar-refractivity contribution in [1.82, 2.24) is 10.3 Å². The molecule has 0 aliphatic rings. The summed E-state index contributed by atoms with van der Waals surface area (Å²) in [6, 6.07) is 11.2. The maximum Gasteiger partial charge on any atom is 0.228 e. The number of aryl methyl sites for hydroxylation is 1. The number of oxazole rings is 1. The SMILES string of the molecule is COc1ccc2oc(-c3ccc(C)c(NC(=S)NC(=O)C(C)C)c3)nc2c1. The number of anilines is 1. The summed E-state index contributed by atoms with van der Waals surface area (Å²) in [5, 5.41) is 6.01. The first kappa shape index (κ1) is 18.8. The number of nitrogens with zero attached hydrogens (tertiary/aromatic N) is 1. The van der Waals surface area contributed by atoms with Gasteiger partial charge in [-0.2, -0.15) is 0 Å². The lowest BCUT2D eigenvalue weighted by molar-refractivity contribution is -0.122. The summed E-state index contributed by atoms with van der Waals surface area (Å²) in [6.07, 6.45) is 0. The van der Waals surface area contributed by atoms with E-state index in [0.29, 0.717) is 11.5 Å². The number of hydrogen-bond donors (Lipinski definition) is 2. The van der Waals surface area contributed by atoms with E-state index in [2.05, 4.69) is 15.6 Å². The first-order chi connectivity index (χ1) is 12.9. The van der Waals surface area contributed by atoms with E-state index in [9.17, 15) is 4.79 Å². The first-order valence-electron chi connectivity index (χ1n) is 8.55. The van der Waals surface area contributed by atoms with Gasteiger partial charge in [-0.1, -0.05) is 19.9 Å². The third-order valence-electron chi connectivity index (χ3n) is 4.09. The van der Waals surface area contributed by atoms with Crippen molar-refractivity contribution in [2.24, 2.45) is 5.92 Å². The fourth-order valence-electron chi connectivity index (χ4n) is 2.46. The molecule has 3 rings (SSSR count). The van der Waals surface area contributed by atoms with Crippen LogP contribution in [0.25, 0.3) is 22.6 Å². The van der Waals surface area contributed by atoms with Crippen molar-refractivity contribution in [2.45, 2.75) is 20.8 Å². The molecule has 2 N–H and O–H groups in total. The summed E-state index contributed by atoms with van der Waals surface area (Å²) in [5.74, 6) is 0.946. The van der Waals surface area contributed by atoms with Gasteiger partial charge in [0.25, 0.3) is 0 Å². The maximum absolute atomic E-state index is 11.8. The summed E-state index contributed by atoms with van der Waals surface area (Å²) < 4.78 is 11.1. The van der Waals surface area contributed by atoms with Gasteiger partial charge in [-0.05, 0) is 49.0 Å². The minimum Gasteiger partial charge on any atom is -0.497 e. The van der Waals surface area contributed by atoms with Gasteiger partial charge in [0, 0.05) is 23.2 Å². The molecule has 0 unspecified atom stereocenters. The second-order valence-corrected chi connectivity index (χ2v) is 6.89. The van der Waals surface area contributed by atoms with Gasteiger partial charge in [-0.15, -0.1) is 0 Å². The van der Waals surface area contributed by atoms with E-state index in [0.717, 1.165) is 28.1 Å². The Balaban J connectivity index is 1.86. The highest BCUT2D eigenvalue weighted by atomic mass is 32.1. The normalized spacial score (nSPS) is 10.9. The first-order valence-corrected chi connectivity index (χ1v) is 8.95. The Kier molecular flexibility index (Phi) is 5.41. The van der Waals surface area contributed by atoms with Crippen LogP contribution in [0.3, 0.4) is 0 Å². The molecule has 0 radical (unpaired) electrons. The number of carbonyl (C=O) groups excluding carboxylic acids is 1. The molecule has 0 saturated carbocycles. The molecule has 27 heavy (non-hydrogen) atoms. The van der Waals surface area contributed by atoms with Crippen molar-refractivity contribution >= 4 is 40.0 Å². The molecule has 6 nitrogen and oxygen atoms in total. The molecule has 0 bridgehead atoms. The lowest BCUT2D eigenvalue weighted by atomic mass is 10.1. The Labute approximate surface area is 162 Å². The number of ether oxygens (including phenoxy) is 1. The van der Waals surface area contributed by atoms with E-state index < -0.39 is 0 Å². The highest BCUT2D eigenvalue weighted by molar-refractivity contribution is 7.80. The van der Waals surface area contributed by atoms with Gasteiger partial charge in [-0.3, -0.25) is 4.79 Å². The van der Waals surface area contributed by atoms with Gasteiger partial charge < -0.3 is 19.8 Å². The van der Waals surface area contributed by atoms with E-state index in [1.54, 1.807) is 7.11 Å². The summed E-state index contributed by atoms with van der Waals surface area (Å²) in [4.78, 5) is 16.3. The van der Waals surface area contributed by atoms with Crippen LogP contribution >= 0.6 is 12.2 Å². The molecular weight excluding hydrogens is 362 g/mol. The molecule has 2 aromatic carbocycles. The predicted molar refractivity (Wildman–Crippen MR) is 110 cm³/mol. The maximum atomic E-state index is 11.8. The Morgan fingerprint density at radius 2 is 2.00 bits per heavy atom. The lowest BCUT2D eigenvalue weighted by Crippen LogP contribution is -2.36.